The Labute approximate surface area is 182 Å². The number of fused-ring (bicyclic) bond motifs is 2. The van der Waals surface area contributed by atoms with Crippen molar-refractivity contribution in [3.05, 3.63) is 72.8 Å². The van der Waals surface area contributed by atoms with Crippen molar-refractivity contribution in [3.63, 3.8) is 0 Å². The van der Waals surface area contributed by atoms with Crippen molar-refractivity contribution in [1.82, 2.24) is 0 Å². The highest BCUT2D eigenvalue weighted by atomic mass is 16.6. The van der Waals surface area contributed by atoms with Crippen molar-refractivity contribution in [2.75, 3.05) is 51.5 Å². The molecule has 1 heterocycles. The van der Waals surface area contributed by atoms with Gasteiger partial charge in [-0.15, -0.1) is 0 Å². The fraction of sp³-hybridized carbons (Fsp3) is 0.280. The van der Waals surface area contributed by atoms with E-state index >= 15 is 0 Å². The molecule has 1 aliphatic rings. The molecular formula is C25H27NO5. The van der Waals surface area contributed by atoms with Gasteiger partial charge in [0, 0.05) is 5.69 Å². The minimum Gasteiger partial charge on any atom is -0.497 e. The lowest BCUT2D eigenvalue weighted by Crippen LogP contribution is -2.32. The Morgan fingerprint density at radius 3 is 1.42 bits per heavy atom. The van der Waals surface area contributed by atoms with E-state index in [0.717, 1.165) is 22.9 Å². The Morgan fingerprint density at radius 2 is 1.00 bits per heavy atom. The fourth-order valence-corrected chi connectivity index (χ4v) is 3.38. The van der Waals surface area contributed by atoms with Crippen LogP contribution in [0.3, 0.4) is 0 Å². The lowest BCUT2D eigenvalue weighted by atomic mass is 10.2. The Kier molecular flexibility index (Phi) is 7.00. The maximum Gasteiger partial charge on any atom is 0.161 e. The monoisotopic (exact) mass is 421 g/mol. The summed E-state index contributed by atoms with van der Waals surface area (Å²) >= 11 is 0. The Balaban J connectivity index is 1.55. The van der Waals surface area contributed by atoms with Crippen LogP contribution in [0.4, 0.5) is 5.69 Å². The highest BCUT2D eigenvalue weighted by molar-refractivity contribution is 5.49. The smallest absolute Gasteiger partial charge is 0.161 e. The standard InChI is InChI=1S/C25H27NO5/c1-27-21-12-10-20(11-13-21)26-14-16-28-22-6-2-4-8-24(22)30-18-19-31-25-9-5-3-7-23(25)29-17-15-26/h2-13H,14-19H2,1H3. The van der Waals surface area contributed by atoms with Gasteiger partial charge in [0.15, 0.2) is 23.0 Å². The van der Waals surface area contributed by atoms with Gasteiger partial charge in [0.1, 0.15) is 32.2 Å². The zero-order chi connectivity index (χ0) is 21.3. The number of anilines is 1. The molecule has 0 spiro atoms. The van der Waals surface area contributed by atoms with Crippen LogP contribution in [0.25, 0.3) is 0 Å². The van der Waals surface area contributed by atoms with Crippen LogP contribution in [-0.4, -0.2) is 46.6 Å². The molecular weight excluding hydrogens is 394 g/mol. The predicted molar refractivity (Wildman–Crippen MR) is 120 cm³/mol. The van der Waals surface area contributed by atoms with Crippen LogP contribution < -0.4 is 28.6 Å². The first-order valence-electron chi connectivity index (χ1n) is 10.4. The molecule has 6 heteroatoms. The summed E-state index contributed by atoms with van der Waals surface area (Å²) in [6, 6.07) is 23.4. The molecule has 31 heavy (non-hydrogen) atoms. The summed E-state index contributed by atoms with van der Waals surface area (Å²) in [6.45, 7) is 3.24. The normalized spacial score (nSPS) is 14.8. The predicted octanol–water partition coefficient (Wildman–Crippen LogP) is 4.43. The number of ether oxygens (including phenoxy) is 5. The molecule has 0 saturated carbocycles. The van der Waals surface area contributed by atoms with Crippen molar-refractivity contribution in [3.8, 4) is 28.7 Å². The largest absolute Gasteiger partial charge is 0.497 e. The van der Waals surface area contributed by atoms with E-state index in [1.807, 2.05) is 72.8 Å². The van der Waals surface area contributed by atoms with Gasteiger partial charge in [0.25, 0.3) is 0 Å². The van der Waals surface area contributed by atoms with Gasteiger partial charge in [-0.05, 0) is 48.5 Å². The zero-order valence-corrected chi connectivity index (χ0v) is 17.7. The molecule has 0 bridgehead atoms. The van der Waals surface area contributed by atoms with E-state index < -0.39 is 0 Å². The first-order chi connectivity index (χ1) is 15.3. The second-order valence-corrected chi connectivity index (χ2v) is 6.97. The molecule has 0 aromatic heterocycles. The summed E-state index contributed by atoms with van der Waals surface area (Å²) in [5, 5.41) is 0. The molecule has 6 nitrogen and oxygen atoms in total. The molecule has 4 rings (SSSR count). The average molecular weight is 421 g/mol. The van der Waals surface area contributed by atoms with Gasteiger partial charge in [-0.3, -0.25) is 0 Å². The van der Waals surface area contributed by atoms with Crippen LogP contribution in [0, 0.1) is 0 Å². The summed E-state index contributed by atoms with van der Waals surface area (Å²) < 4.78 is 29.2. The Morgan fingerprint density at radius 1 is 0.581 bits per heavy atom. The summed E-state index contributed by atoms with van der Waals surface area (Å²) in [4.78, 5) is 2.23. The Hall–Kier alpha value is -3.54. The lowest BCUT2D eigenvalue weighted by Gasteiger charge is -2.25. The van der Waals surface area contributed by atoms with E-state index in [2.05, 4.69) is 4.90 Å². The third kappa shape index (κ3) is 5.54. The van der Waals surface area contributed by atoms with Crippen LogP contribution in [0.15, 0.2) is 72.8 Å². The highest BCUT2D eigenvalue weighted by Crippen LogP contribution is 2.29. The molecule has 3 aromatic rings. The van der Waals surface area contributed by atoms with Crippen LogP contribution in [0.5, 0.6) is 28.7 Å². The van der Waals surface area contributed by atoms with Gasteiger partial charge in [0.2, 0.25) is 0 Å². The highest BCUT2D eigenvalue weighted by Gasteiger charge is 2.12. The SMILES string of the molecule is COc1ccc(N2CCOc3ccccc3OCCOc3ccccc3OCC2)cc1. The number of para-hydroxylation sites is 4. The Bertz CT molecular complexity index is 905. The third-order valence-electron chi connectivity index (χ3n) is 4.97. The van der Waals surface area contributed by atoms with Crippen LogP contribution in [0.1, 0.15) is 0 Å². The van der Waals surface area contributed by atoms with Crippen LogP contribution in [0.2, 0.25) is 0 Å². The van der Waals surface area contributed by atoms with E-state index in [1.54, 1.807) is 7.11 Å². The van der Waals surface area contributed by atoms with Crippen molar-refractivity contribution in [2.45, 2.75) is 0 Å². The lowest BCUT2D eigenvalue weighted by molar-refractivity contribution is 0.202. The molecule has 0 aliphatic carbocycles. The van der Waals surface area contributed by atoms with Gasteiger partial charge in [-0.2, -0.15) is 0 Å². The number of rotatable bonds is 2. The van der Waals surface area contributed by atoms with Crippen molar-refractivity contribution in [1.29, 1.82) is 0 Å². The molecule has 0 saturated heterocycles. The maximum atomic E-state index is 6.05. The van der Waals surface area contributed by atoms with E-state index in [-0.39, 0.29) is 0 Å². The molecule has 0 atom stereocenters. The van der Waals surface area contributed by atoms with Crippen molar-refractivity contribution >= 4 is 5.69 Å². The molecule has 0 radical (unpaired) electrons. The first-order valence-corrected chi connectivity index (χ1v) is 10.4. The van der Waals surface area contributed by atoms with Gasteiger partial charge in [0.05, 0.1) is 20.2 Å². The van der Waals surface area contributed by atoms with Gasteiger partial charge in [-0.1, -0.05) is 24.3 Å². The van der Waals surface area contributed by atoms with E-state index in [0.29, 0.717) is 51.0 Å². The number of hydrogen-bond acceptors (Lipinski definition) is 6. The minimum atomic E-state index is 0.409. The van der Waals surface area contributed by atoms with Gasteiger partial charge < -0.3 is 28.6 Å². The summed E-state index contributed by atoms with van der Waals surface area (Å²) in [6.07, 6.45) is 0. The molecule has 162 valence electrons. The first kappa shape index (κ1) is 20.7. The number of hydrogen-bond donors (Lipinski definition) is 0. The van der Waals surface area contributed by atoms with Crippen molar-refractivity contribution in [2.24, 2.45) is 0 Å². The molecule has 0 fully saturated rings. The quantitative estimate of drug-likeness (QED) is 0.610. The topological polar surface area (TPSA) is 49.4 Å². The molecule has 1 aliphatic heterocycles. The van der Waals surface area contributed by atoms with Gasteiger partial charge >= 0.3 is 0 Å². The van der Waals surface area contributed by atoms with Crippen molar-refractivity contribution < 1.29 is 23.7 Å². The van der Waals surface area contributed by atoms with E-state index in [4.69, 9.17) is 23.7 Å². The number of nitrogens with zero attached hydrogens (tertiary/aromatic N) is 1. The second kappa shape index (κ2) is 10.5. The van der Waals surface area contributed by atoms with E-state index in [9.17, 15) is 0 Å². The number of methoxy groups -OCH3 is 1. The fourth-order valence-electron chi connectivity index (χ4n) is 3.38. The second-order valence-electron chi connectivity index (χ2n) is 6.97. The summed E-state index contributed by atoms with van der Waals surface area (Å²) in [7, 11) is 1.67. The third-order valence-corrected chi connectivity index (χ3v) is 4.97. The van der Waals surface area contributed by atoms with Gasteiger partial charge in [-0.25, -0.2) is 0 Å². The van der Waals surface area contributed by atoms with Crippen LogP contribution >= 0.6 is 0 Å². The minimum absolute atomic E-state index is 0.409. The van der Waals surface area contributed by atoms with Crippen LogP contribution in [-0.2, 0) is 0 Å². The number of benzene rings is 3. The molecule has 0 amide bonds. The van der Waals surface area contributed by atoms with E-state index in [1.165, 1.54) is 0 Å². The maximum absolute atomic E-state index is 6.05. The molecule has 3 aromatic carbocycles. The average Bonchev–Trinajstić information content (AvgIpc) is 2.82. The molecule has 0 unspecified atom stereocenters. The summed E-state index contributed by atoms with van der Waals surface area (Å²) in [5.41, 5.74) is 1.08. The summed E-state index contributed by atoms with van der Waals surface area (Å²) in [5.74, 6) is 3.70. The molecule has 0 N–H and O–H groups in total. The zero-order valence-electron chi connectivity index (χ0n) is 17.7.